The summed E-state index contributed by atoms with van der Waals surface area (Å²) in [6, 6.07) is -1.88. The monoisotopic (exact) mass is 363 g/mol. The van der Waals surface area contributed by atoms with E-state index in [1.54, 1.807) is 0 Å². The van der Waals surface area contributed by atoms with Gasteiger partial charge < -0.3 is 0 Å². The van der Waals surface area contributed by atoms with Crippen LogP contribution in [0.25, 0.3) is 0 Å². The van der Waals surface area contributed by atoms with E-state index in [-0.39, 0.29) is 25.7 Å². The number of rotatable bonds is 3. The van der Waals surface area contributed by atoms with Gasteiger partial charge in [0, 0.05) is 6.04 Å². The van der Waals surface area contributed by atoms with Gasteiger partial charge in [0.1, 0.15) is 0 Å². The molecule has 1 fully saturated rings. The van der Waals surface area contributed by atoms with E-state index < -0.39 is 40.8 Å². The first-order valence-electron chi connectivity index (χ1n) is 5.65. The predicted octanol–water partition coefficient (Wildman–Crippen LogP) is 2.32. The fourth-order valence-electron chi connectivity index (χ4n) is 2.02. The molecule has 21 heavy (non-hydrogen) atoms. The van der Waals surface area contributed by atoms with Crippen molar-refractivity contribution in [2.24, 2.45) is 0 Å². The molecule has 0 aliphatic heterocycles. The Morgan fingerprint density at radius 1 is 0.714 bits per heavy atom. The Morgan fingerprint density at radius 3 is 1.33 bits per heavy atom. The SMILES string of the molecule is O=S(=O)(N(C1CCCCC1)S(=O)(=O)C(F)(F)F)C(F)(F)F. The highest BCUT2D eigenvalue weighted by Gasteiger charge is 2.63. The Hall–Kier alpha value is -0.560. The van der Waals surface area contributed by atoms with Crippen molar-refractivity contribution >= 4 is 20.0 Å². The second-order valence-electron chi connectivity index (χ2n) is 4.42. The summed E-state index contributed by atoms with van der Waals surface area (Å²) in [7, 11) is -13.3. The number of alkyl halides is 6. The molecule has 13 heteroatoms. The van der Waals surface area contributed by atoms with Crippen LogP contribution >= 0.6 is 0 Å². The summed E-state index contributed by atoms with van der Waals surface area (Å²) < 4.78 is 119. The first-order valence-corrected chi connectivity index (χ1v) is 8.53. The first-order chi connectivity index (χ1) is 9.23. The molecule has 5 nitrogen and oxygen atoms in total. The zero-order valence-corrected chi connectivity index (χ0v) is 11.9. The largest absolute Gasteiger partial charge is 0.512 e. The molecule has 1 rings (SSSR count). The van der Waals surface area contributed by atoms with Gasteiger partial charge in [-0.2, -0.15) is 26.3 Å². The van der Waals surface area contributed by atoms with Crippen LogP contribution in [0.2, 0.25) is 0 Å². The summed E-state index contributed by atoms with van der Waals surface area (Å²) in [4.78, 5) is 0. The third kappa shape index (κ3) is 3.44. The van der Waals surface area contributed by atoms with Crippen molar-refractivity contribution in [3.8, 4) is 0 Å². The van der Waals surface area contributed by atoms with Gasteiger partial charge in [-0.05, 0) is 12.8 Å². The summed E-state index contributed by atoms with van der Waals surface area (Å²) in [5.41, 5.74) is -12.3. The van der Waals surface area contributed by atoms with Crippen molar-refractivity contribution in [2.75, 3.05) is 0 Å². The fraction of sp³-hybridized carbons (Fsp3) is 1.00. The maximum atomic E-state index is 12.5. The number of sulfonamides is 2. The molecule has 0 N–H and O–H groups in total. The van der Waals surface area contributed by atoms with Crippen LogP contribution in [-0.2, 0) is 20.0 Å². The minimum absolute atomic E-state index is 0.141. The normalized spacial score (nSPS) is 20.0. The van der Waals surface area contributed by atoms with Gasteiger partial charge >= 0.3 is 31.1 Å². The van der Waals surface area contributed by atoms with Crippen LogP contribution in [-0.4, -0.2) is 37.6 Å². The van der Waals surface area contributed by atoms with Gasteiger partial charge in [0.2, 0.25) is 0 Å². The van der Waals surface area contributed by atoms with Gasteiger partial charge in [-0.25, -0.2) is 16.8 Å². The van der Waals surface area contributed by atoms with Gasteiger partial charge in [0.25, 0.3) is 0 Å². The van der Waals surface area contributed by atoms with Gasteiger partial charge in [-0.1, -0.05) is 23.0 Å². The fourth-order valence-corrected chi connectivity index (χ4v) is 5.17. The van der Waals surface area contributed by atoms with E-state index in [4.69, 9.17) is 0 Å². The molecule has 0 heterocycles. The summed E-state index contributed by atoms with van der Waals surface area (Å²) in [5.74, 6) is 0. The predicted molar refractivity (Wildman–Crippen MR) is 58.7 cm³/mol. The van der Waals surface area contributed by atoms with Crippen LogP contribution in [0.4, 0.5) is 26.3 Å². The van der Waals surface area contributed by atoms with E-state index in [0.29, 0.717) is 6.42 Å². The maximum Gasteiger partial charge on any atom is 0.512 e. The lowest BCUT2D eigenvalue weighted by Crippen LogP contribution is -2.54. The standard InChI is InChI=1S/C8H11F6NO4S2/c9-7(10,11)20(16,17)15(6-4-2-1-3-5-6)21(18,19)8(12,13)14/h6H,1-5H2. The Bertz CT molecular complexity index is 529. The molecule has 0 aromatic heterocycles. The molecule has 0 spiro atoms. The minimum Gasteiger partial charge on any atom is -0.202 e. The molecule has 126 valence electrons. The Kier molecular flexibility index (Phi) is 4.91. The van der Waals surface area contributed by atoms with Gasteiger partial charge in [-0.3, -0.25) is 0 Å². The van der Waals surface area contributed by atoms with E-state index in [2.05, 4.69) is 0 Å². The van der Waals surface area contributed by atoms with Gasteiger partial charge in [-0.15, -0.1) is 0 Å². The zero-order valence-electron chi connectivity index (χ0n) is 10.3. The topological polar surface area (TPSA) is 71.5 Å². The second-order valence-corrected chi connectivity index (χ2v) is 8.26. The number of halogens is 6. The average Bonchev–Trinajstić information content (AvgIpc) is 2.26. The van der Waals surface area contributed by atoms with Crippen molar-refractivity contribution < 1.29 is 43.2 Å². The Morgan fingerprint density at radius 2 is 1.05 bits per heavy atom. The quantitative estimate of drug-likeness (QED) is 0.722. The molecule has 0 amide bonds. The number of nitrogens with zero attached hydrogens (tertiary/aromatic N) is 1. The number of hydrogen-bond donors (Lipinski definition) is 0. The second kappa shape index (κ2) is 5.57. The molecule has 1 aliphatic carbocycles. The van der Waals surface area contributed by atoms with E-state index in [9.17, 15) is 43.2 Å². The summed E-state index contributed by atoms with van der Waals surface area (Å²) >= 11 is 0. The van der Waals surface area contributed by atoms with Crippen molar-refractivity contribution in [3.05, 3.63) is 0 Å². The lowest BCUT2D eigenvalue weighted by atomic mass is 9.96. The van der Waals surface area contributed by atoms with Crippen molar-refractivity contribution in [1.82, 2.24) is 3.71 Å². The van der Waals surface area contributed by atoms with Crippen LogP contribution in [0, 0.1) is 0 Å². The van der Waals surface area contributed by atoms with Crippen LogP contribution in [0.15, 0.2) is 0 Å². The van der Waals surface area contributed by atoms with E-state index in [1.165, 1.54) is 0 Å². The Labute approximate surface area is 117 Å². The lowest BCUT2D eigenvalue weighted by molar-refractivity contribution is -0.0549. The molecule has 0 atom stereocenters. The molecule has 0 unspecified atom stereocenters. The minimum atomic E-state index is -6.65. The van der Waals surface area contributed by atoms with Crippen LogP contribution in [0.5, 0.6) is 0 Å². The molecular weight excluding hydrogens is 352 g/mol. The van der Waals surface area contributed by atoms with Crippen molar-refractivity contribution in [2.45, 2.75) is 49.2 Å². The molecule has 1 saturated carbocycles. The lowest BCUT2D eigenvalue weighted by Gasteiger charge is -2.32. The molecule has 0 saturated heterocycles. The van der Waals surface area contributed by atoms with E-state index >= 15 is 0 Å². The van der Waals surface area contributed by atoms with Crippen molar-refractivity contribution in [1.29, 1.82) is 0 Å². The molecular formula is C8H11F6NO4S2. The number of hydrogen-bond acceptors (Lipinski definition) is 4. The first kappa shape index (κ1) is 18.5. The molecule has 0 radical (unpaired) electrons. The average molecular weight is 363 g/mol. The summed E-state index contributed by atoms with van der Waals surface area (Å²) in [6.45, 7) is 0. The van der Waals surface area contributed by atoms with E-state index in [0.717, 1.165) is 0 Å². The zero-order chi connectivity index (χ0) is 16.7. The third-order valence-corrected chi connectivity index (χ3v) is 6.82. The van der Waals surface area contributed by atoms with Crippen molar-refractivity contribution in [3.63, 3.8) is 0 Å². The van der Waals surface area contributed by atoms with Gasteiger partial charge in [0.15, 0.2) is 0 Å². The highest BCUT2D eigenvalue weighted by molar-refractivity contribution is 8.04. The van der Waals surface area contributed by atoms with Crippen LogP contribution in [0.1, 0.15) is 32.1 Å². The summed E-state index contributed by atoms with van der Waals surface area (Å²) in [5, 5.41) is 0. The summed E-state index contributed by atoms with van der Waals surface area (Å²) in [6.07, 6.45) is -0.0123. The van der Waals surface area contributed by atoms with Crippen LogP contribution in [0.3, 0.4) is 0 Å². The highest BCUT2D eigenvalue weighted by Crippen LogP contribution is 2.39. The molecule has 0 bridgehead atoms. The molecule has 0 aromatic rings. The Balaban J connectivity index is 3.45. The maximum absolute atomic E-state index is 12.5. The smallest absolute Gasteiger partial charge is 0.202 e. The van der Waals surface area contributed by atoms with Crippen LogP contribution < -0.4 is 0 Å². The highest BCUT2D eigenvalue weighted by atomic mass is 32.3. The molecule has 1 aliphatic rings. The van der Waals surface area contributed by atoms with Gasteiger partial charge in [0.05, 0.1) is 0 Å². The van der Waals surface area contributed by atoms with E-state index in [1.807, 2.05) is 0 Å². The third-order valence-electron chi connectivity index (χ3n) is 2.93. The molecule has 0 aromatic carbocycles.